The van der Waals surface area contributed by atoms with Crippen LogP contribution in [0.5, 0.6) is 0 Å². The van der Waals surface area contributed by atoms with Gasteiger partial charge in [-0.2, -0.15) is 0 Å². The molecule has 3 aliphatic rings. The van der Waals surface area contributed by atoms with Gasteiger partial charge in [0.1, 0.15) is 0 Å². The zero-order chi connectivity index (χ0) is 23.7. The third-order valence-electron chi connectivity index (χ3n) is 7.91. The van der Waals surface area contributed by atoms with Gasteiger partial charge in [0.25, 0.3) is 5.56 Å². The summed E-state index contributed by atoms with van der Waals surface area (Å²) in [6, 6.07) is 14.1. The summed E-state index contributed by atoms with van der Waals surface area (Å²) in [5, 5.41) is 0. The maximum Gasteiger partial charge on any atom is 0.254 e. The molecule has 2 saturated carbocycles. The van der Waals surface area contributed by atoms with Gasteiger partial charge in [-0.25, -0.2) is 13.1 Å². The van der Waals surface area contributed by atoms with Crippen LogP contribution in [0, 0.1) is 0 Å². The van der Waals surface area contributed by atoms with Gasteiger partial charge in [-0.05, 0) is 81.8 Å². The Balaban J connectivity index is 1.32. The quantitative estimate of drug-likeness (QED) is 0.607. The van der Waals surface area contributed by atoms with Crippen molar-refractivity contribution >= 4 is 10.0 Å². The minimum atomic E-state index is -3.38. The highest BCUT2D eigenvalue weighted by Gasteiger charge is 2.36. The molecule has 2 aromatic rings. The van der Waals surface area contributed by atoms with Gasteiger partial charge in [-0.1, -0.05) is 36.4 Å². The number of fused-ring (bicyclic) bond motifs is 1. The van der Waals surface area contributed by atoms with E-state index in [1.165, 1.54) is 5.56 Å². The van der Waals surface area contributed by atoms with Crippen molar-refractivity contribution in [1.29, 1.82) is 0 Å². The second kappa shape index (κ2) is 9.96. The number of benzene rings is 1. The highest BCUT2D eigenvalue weighted by molar-refractivity contribution is 7.89. The Morgan fingerprint density at radius 1 is 0.941 bits per heavy atom. The van der Waals surface area contributed by atoms with E-state index < -0.39 is 10.0 Å². The van der Waals surface area contributed by atoms with Crippen LogP contribution in [0.15, 0.2) is 47.3 Å². The second-order valence-electron chi connectivity index (χ2n) is 10.2. The molecule has 2 aliphatic carbocycles. The highest BCUT2D eigenvalue weighted by Crippen LogP contribution is 2.39. The Labute approximate surface area is 202 Å². The maximum atomic E-state index is 13.5. The van der Waals surface area contributed by atoms with Gasteiger partial charge < -0.3 is 9.30 Å². The minimum Gasteiger partial charge on any atom is -0.376 e. The number of pyridine rings is 1. The summed E-state index contributed by atoms with van der Waals surface area (Å²) in [4.78, 5) is 13.5. The van der Waals surface area contributed by atoms with Gasteiger partial charge in [0.05, 0.1) is 24.5 Å². The largest absolute Gasteiger partial charge is 0.376 e. The zero-order valence-corrected chi connectivity index (χ0v) is 20.8. The standard InChI is InChI=1S/C27H36N2O4S/c1-2-34(31,32)28-25-17-13-22-12-16-24(21-8-9-21)27(30)29(22)26(25)18-33-23-14-10-20(11-15-23)19-6-4-3-5-7-19/h3-7,12,16,20-21,23,25-26,28H,2,8-11,13-15,17-18H2,1H3/t20?,23?,25-,26-/m0/s1. The van der Waals surface area contributed by atoms with Crippen LogP contribution < -0.4 is 10.3 Å². The van der Waals surface area contributed by atoms with Crippen molar-refractivity contribution in [2.24, 2.45) is 0 Å². The van der Waals surface area contributed by atoms with Gasteiger partial charge >= 0.3 is 0 Å². The van der Waals surface area contributed by atoms with E-state index in [0.717, 1.165) is 49.8 Å². The smallest absolute Gasteiger partial charge is 0.254 e. The van der Waals surface area contributed by atoms with E-state index in [4.69, 9.17) is 4.74 Å². The summed E-state index contributed by atoms with van der Waals surface area (Å²) in [5.74, 6) is 0.960. The van der Waals surface area contributed by atoms with Gasteiger partial charge in [0, 0.05) is 17.3 Å². The predicted molar refractivity (Wildman–Crippen MR) is 134 cm³/mol. The SMILES string of the molecule is CCS(=O)(=O)N[C@H]1CCc2ccc(C3CC3)c(=O)n2[C@H]1COC1CCC(c2ccccc2)CC1. The minimum absolute atomic E-state index is 0.0322. The van der Waals surface area contributed by atoms with Crippen molar-refractivity contribution in [2.75, 3.05) is 12.4 Å². The molecule has 1 aromatic carbocycles. The van der Waals surface area contributed by atoms with Crippen molar-refractivity contribution in [1.82, 2.24) is 9.29 Å². The number of rotatable bonds is 8. The first-order valence-corrected chi connectivity index (χ1v) is 14.5. The van der Waals surface area contributed by atoms with Crippen LogP contribution in [0.1, 0.15) is 86.6 Å². The predicted octanol–water partition coefficient (Wildman–Crippen LogP) is 4.26. The number of aromatic nitrogens is 1. The molecule has 1 N–H and O–H groups in total. The van der Waals surface area contributed by atoms with Crippen LogP contribution in [0.25, 0.3) is 0 Å². The van der Waals surface area contributed by atoms with Crippen LogP contribution in [0.2, 0.25) is 0 Å². The molecule has 1 aromatic heterocycles. The summed E-state index contributed by atoms with van der Waals surface area (Å²) in [6.07, 6.45) is 7.80. The van der Waals surface area contributed by atoms with Crippen LogP contribution >= 0.6 is 0 Å². The van der Waals surface area contributed by atoms with E-state index in [9.17, 15) is 13.2 Å². The van der Waals surface area contributed by atoms with E-state index in [0.29, 0.717) is 31.3 Å². The molecule has 2 atom stereocenters. The fourth-order valence-corrected chi connectivity index (χ4v) is 6.62. The molecule has 0 amide bonds. The Kier molecular flexibility index (Phi) is 6.96. The number of sulfonamides is 1. The number of hydrogen-bond acceptors (Lipinski definition) is 4. The van der Waals surface area contributed by atoms with Crippen LogP contribution in [-0.2, 0) is 21.2 Å². The van der Waals surface area contributed by atoms with Crippen LogP contribution in [-0.4, -0.2) is 37.5 Å². The molecule has 0 bridgehead atoms. The van der Waals surface area contributed by atoms with Crippen molar-refractivity contribution in [3.05, 3.63) is 69.6 Å². The fourth-order valence-electron chi connectivity index (χ4n) is 5.72. The summed E-state index contributed by atoms with van der Waals surface area (Å²) in [5.41, 5.74) is 3.30. The molecule has 6 nitrogen and oxygen atoms in total. The molecule has 0 unspecified atom stereocenters. The fraction of sp³-hybridized carbons (Fsp3) is 0.593. The number of hydrogen-bond donors (Lipinski definition) is 1. The molecule has 5 rings (SSSR count). The summed E-state index contributed by atoms with van der Waals surface area (Å²) >= 11 is 0. The van der Waals surface area contributed by atoms with Crippen molar-refractivity contribution in [3.63, 3.8) is 0 Å². The lowest BCUT2D eigenvalue weighted by Crippen LogP contribution is -2.50. The van der Waals surface area contributed by atoms with Crippen LogP contribution in [0.3, 0.4) is 0 Å². The number of ether oxygens (including phenoxy) is 1. The zero-order valence-electron chi connectivity index (χ0n) is 20.0. The molecular formula is C27H36N2O4S. The number of nitrogens with zero attached hydrogens (tertiary/aromatic N) is 1. The van der Waals surface area contributed by atoms with Crippen molar-refractivity contribution in [2.45, 2.75) is 88.3 Å². The highest BCUT2D eigenvalue weighted by atomic mass is 32.2. The first-order chi connectivity index (χ1) is 16.4. The van der Waals surface area contributed by atoms with E-state index >= 15 is 0 Å². The normalized spacial score (nSPS) is 27.3. The average Bonchev–Trinajstić information content (AvgIpc) is 3.70. The molecule has 184 valence electrons. The van der Waals surface area contributed by atoms with Crippen molar-refractivity contribution in [3.8, 4) is 0 Å². The van der Waals surface area contributed by atoms with E-state index in [1.54, 1.807) is 6.92 Å². The molecule has 0 radical (unpaired) electrons. The first-order valence-electron chi connectivity index (χ1n) is 12.9. The molecule has 0 spiro atoms. The summed E-state index contributed by atoms with van der Waals surface area (Å²) in [7, 11) is -3.38. The lowest BCUT2D eigenvalue weighted by atomic mass is 9.83. The van der Waals surface area contributed by atoms with Gasteiger partial charge in [0.2, 0.25) is 10.0 Å². The monoisotopic (exact) mass is 484 g/mol. The third-order valence-corrected chi connectivity index (χ3v) is 9.34. The van der Waals surface area contributed by atoms with Gasteiger partial charge in [0.15, 0.2) is 0 Å². The molecule has 2 fully saturated rings. The first kappa shape index (κ1) is 23.8. The lowest BCUT2D eigenvalue weighted by Gasteiger charge is -2.37. The van der Waals surface area contributed by atoms with Gasteiger partial charge in [-0.15, -0.1) is 0 Å². The topological polar surface area (TPSA) is 77.4 Å². The van der Waals surface area contributed by atoms with Gasteiger partial charge in [-0.3, -0.25) is 4.79 Å². The summed E-state index contributed by atoms with van der Waals surface area (Å²) < 4.78 is 36.0. The summed E-state index contributed by atoms with van der Waals surface area (Å²) in [6.45, 7) is 2.01. The third kappa shape index (κ3) is 5.16. The van der Waals surface area contributed by atoms with Crippen LogP contribution in [0.4, 0.5) is 0 Å². The average molecular weight is 485 g/mol. The number of aryl methyl sites for hydroxylation is 1. The Hall–Kier alpha value is -1.96. The van der Waals surface area contributed by atoms with E-state index in [2.05, 4.69) is 41.1 Å². The molecular weight excluding hydrogens is 448 g/mol. The molecule has 34 heavy (non-hydrogen) atoms. The lowest BCUT2D eigenvalue weighted by molar-refractivity contribution is -0.00171. The molecule has 1 aliphatic heterocycles. The molecule has 0 saturated heterocycles. The Morgan fingerprint density at radius 3 is 2.32 bits per heavy atom. The van der Waals surface area contributed by atoms with Crippen molar-refractivity contribution < 1.29 is 13.2 Å². The molecule has 7 heteroatoms. The molecule has 2 heterocycles. The Morgan fingerprint density at radius 2 is 1.65 bits per heavy atom. The maximum absolute atomic E-state index is 13.5. The Bertz CT molecular complexity index is 1150. The number of nitrogens with one attached hydrogen (secondary N) is 1. The second-order valence-corrected chi connectivity index (χ2v) is 12.2. The van der Waals surface area contributed by atoms with E-state index in [-0.39, 0.29) is 29.5 Å². The van der Waals surface area contributed by atoms with E-state index in [1.807, 2.05) is 10.6 Å².